The fourth-order valence-electron chi connectivity index (χ4n) is 1.65. The topological polar surface area (TPSA) is 37.8 Å². The zero-order chi connectivity index (χ0) is 13.7. The number of nitrogens with one attached hydrogen (secondary N) is 1. The maximum atomic E-state index is 4.28. The van der Waals surface area contributed by atoms with E-state index in [-0.39, 0.29) is 0 Å². The van der Waals surface area contributed by atoms with Crippen molar-refractivity contribution in [3.63, 3.8) is 0 Å². The van der Waals surface area contributed by atoms with Crippen LogP contribution in [0.2, 0.25) is 0 Å². The van der Waals surface area contributed by atoms with Crippen molar-refractivity contribution in [1.82, 2.24) is 15.5 Å². The Hall–Kier alpha value is -0.300. The molecule has 3 nitrogen and oxygen atoms in total. The van der Waals surface area contributed by atoms with Gasteiger partial charge in [-0.2, -0.15) is 0 Å². The zero-order valence-corrected chi connectivity index (χ0v) is 14.4. The molecule has 19 heavy (non-hydrogen) atoms. The third-order valence-corrected chi connectivity index (χ3v) is 5.55. The summed E-state index contributed by atoms with van der Waals surface area (Å²) in [6, 6.07) is 2.05. The highest BCUT2D eigenvalue weighted by molar-refractivity contribution is 9.10. The normalized spacial score (nSPS) is 11.4. The highest BCUT2D eigenvalue weighted by atomic mass is 79.9. The van der Waals surface area contributed by atoms with Gasteiger partial charge in [0.15, 0.2) is 5.01 Å². The van der Waals surface area contributed by atoms with Crippen LogP contribution in [0.5, 0.6) is 0 Å². The quantitative estimate of drug-likeness (QED) is 0.752. The van der Waals surface area contributed by atoms with Gasteiger partial charge < -0.3 is 5.32 Å². The van der Waals surface area contributed by atoms with Crippen LogP contribution in [-0.4, -0.2) is 23.3 Å². The van der Waals surface area contributed by atoms with Crippen molar-refractivity contribution in [3.8, 4) is 9.88 Å². The van der Waals surface area contributed by atoms with E-state index >= 15 is 0 Å². The van der Waals surface area contributed by atoms with Crippen LogP contribution in [-0.2, 0) is 6.42 Å². The predicted octanol–water partition coefficient (Wildman–Crippen LogP) is 4.21. The molecule has 0 fully saturated rings. The summed E-state index contributed by atoms with van der Waals surface area (Å²) < 4.78 is 1.11. The lowest BCUT2D eigenvalue weighted by molar-refractivity contribution is 0.542. The molecule has 2 heterocycles. The Balaban J connectivity index is 1.80. The molecule has 0 aliphatic rings. The van der Waals surface area contributed by atoms with Crippen molar-refractivity contribution in [2.24, 2.45) is 5.92 Å². The van der Waals surface area contributed by atoms with Crippen LogP contribution >= 0.6 is 38.6 Å². The molecule has 104 valence electrons. The van der Waals surface area contributed by atoms with Crippen LogP contribution in [0.25, 0.3) is 9.88 Å². The van der Waals surface area contributed by atoms with Crippen LogP contribution in [0.15, 0.2) is 15.9 Å². The summed E-state index contributed by atoms with van der Waals surface area (Å²) in [5.41, 5.74) is 0. The third-order valence-electron chi connectivity index (χ3n) is 2.58. The average Bonchev–Trinajstić information content (AvgIpc) is 2.97. The van der Waals surface area contributed by atoms with Gasteiger partial charge in [0, 0.05) is 10.9 Å². The molecule has 0 unspecified atom stereocenters. The molecule has 6 heteroatoms. The maximum Gasteiger partial charge on any atom is 0.158 e. The first-order valence-electron chi connectivity index (χ1n) is 6.43. The van der Waals surface area contributed by atoms with E-state index < -0.39 is 0 Å². The first-order chi connectivity index (χ1) is 9.16. The Kier molecular flexibility index (Phi) is 5.94. The van der Waals surface area contributed by atoms with Crippen LogP contribution in [0.1, 0.15) is 25.3 Å². The van der Waals surface area contributed by atoms with Gasteiger partial charge in [-0.15, -0.1) is 21.5 Å². The first kappa shape index (κ1) is 15.1. The van der Waals surface area contributed by atoms with Crippen molar-refractivity contribution in [2.75, 3.05) is 13.1 Å². The SMILES string of the molecule is CC(C)CNCCCc1nnc(-c2sccc2Br)s1. The molecule has 0 atom stereocenters. The second-order valence-electron chi connectivity index (χ2n) is 4.80. The molecule has 2 aromatic heterocycles. The lowest BCUT2D eigenvalue weighted by atomic mass is 10.2. The van der Waals surface area contributed by atoms with Crippen molar-refractivity contribution < 1.29 is 0 Å². The second kappa shape index (κ2) is 7.47. The Morgan fingerprint density at radius 1 is 1.37 bits per heavy atom. The third kappa shape index (κ3) is 4.63. The summed E-state index contributed by atoms with van der Waals surface area (Å²) in [7, 11) is 0. The predicted molar refractivity (Wildman–Crippen MR) is 87.0 cm³/mol. The molecule has 2 aromatic rings. The highest BCUT2D eigenvalue weighted by Gasteiger charge is 2.10. The molecule has 0 aliphatic carbocycles. The number of thiophene rings is 1. The number of aromatic nitrogens is 2. The standard InChI is InChI=1S/C13H18BrN3S2/c1-9(2)8-15-6-3-4-11-16-17-13(19-11)12-10(14)5-7-18-12/h5,7,9,15H,3-4,6,8H2,1-2H3. The number of aryl methyl sites for hydroxylation is 1. The largest absolute Gasteiger partial charge is 0.316 e. The summed E-state index contributed by atoms with van der Waals surface area (Å²) in [5.74, 6) is 0.712. The van der Waals surface area contributed by atoms with E-state index in [1.54, 1.807) is 22.7 Å². The zero-order valence-electron chi connectivity index (χ0n) is 11.1. The number of hydrogen-bond donors (Lipinski definition) is 1. The molecule has 1 N–H and O–H groups in total. The van der Waals surface area contributed by atoms with Crippen molar-refractivity contribution in [3.05, 3.63) is 20.9 Å². The molecule has 0 aromatic carbocycles. The molecular weight excluding hydrogens is 342 g/mol. The number of rotatable bonds is 7. The molecule has 0 bridgehead atoms. The summed E-state index contributed by atoms with van der Waals surface area (Å²) >= 11 is 6.94. The van der Waals surface area contributed by atoms with Gasteiger partial charge in [0.05, 0.1) is 4.88 Å². The molecule has 2 rings (SSSR count). The summed E-state index contributed by atoms with van der Waals surface area (Å²) in [4.78, 5) is 1.18. The van der Waals surface area contributed by atoms with E-state index in [0.717, 1.165) is 40.4 Å². The smallest absolute Gasteiger partial charge is 0.158 e. The molecule has 0 saturated carbocycles. The monoisotopic (exact) mass is 359 g/mol. The van der Waals surface area contributed by atoms with E-state index in [4.69, 9.17) is 0 Å². The van der Waals surface area contributed by atoms with E-state index in [2.05, 4.69) is 56.7 Å². The van der Waals surface area contributed by atoms with Gasteiger partial charge >= 0.3 is 0 Å². The maximum absolute atomic E-state index is 4.28. The molecule has 0 aliphatic heterocycles. The van der Waals surface area contributed by atoms with Crippen molar-refractivity contribution >= 4 is 38.6 Å². The number of nitrogens with zero attached hydrogens (tertiary/aromatic N) is 2. The Morgan fingerprint density at radius 3 is 2.89 bits per heavy atom. The molecule has 0 amide bonds. The lowest BCUT2D eigenvalue weighted by Crippen LogP contribution is -2.21. The van der Waals surface area contributed by atoms with Gasteiger partial charge in [-0.25, -0.2) is 0 Å². The van der Waals surface area contributed by atoms with Gasteiger partial charge in [0.2, 0.25) is 0 Å². The Labute approximate surface area is 130 Å². The lowest BCUT2D eigenvalue weighted by Gasteiger charge is -2.05. The number of halogens is 1. The van der Waals surface area contributed by atoms with Crippen LogP contribution in [0.4, 0.5) is 0 Å². The van der Waals surface area contributed by atoms with E-state index in [1.165, 1.54) is 4.88 Å². The number of hydrogen-bond acceptors (Lipinski definition) is 5. The fourth-order valence-corrected chi connectivity index (χ4v) is 4.32. The van der Waals surface area contributed by atoms with Crippen LogP contribution in [0, 0.1) is 5.92 Å². The summed E-state index contributed by atoms with van der Waals surface area (Å²) in [5, 5.41) is 16.2. The van der Waals surface area contributed by atoms with E-state index in [0.29, 0.717) is 5.92 Å². The Bertz CT molecular complexity index is 507. The van der Waals surface area contributed by atoms with Gasteiger partial charge in [0.1, 0.15) is 5.01 Å². The molecule has 0 spiro atoms. The van der Waals surface area contributed by atoms with Gasteiger partial charge in [-0.05, 0) is 52.8 Å². The molecule has 0 saturated heterocycles. The minimum atomic E-state index is 0.712. The highest BCUT2D eigenvalue weighted by Crippen LogP contribution is 2.35. The molecule has 0 radical (unpaired) electrons. The van der Waals surface area contributed by atoms with Crippen LogP contribution < -0.4 is 5.32 Å². The first-order valence-corrected chi connectivity index (χ1v) is 8.92. The Morgan fingerprint density at radius 2 is 2.21 bits per heavy atom. The fraction of sp³-hybridized carbons (Fsp3) is 0.538. The average molecular weight is 360 g/mol. The van der Waals surface area contributed by atoms with Gasteiger partial charge in [0.25, 0.3) is 0 Å². The van der Waals surface area contributed by atoms with E-state index in [9.17, 15) is 0 Å². The summed E-state index contributed by atoms with van der Waals surface area (Å²) in [6.07, 6.45) is 2.12. The second-order valence-corrected chi connectivity index (χ2v) is 7.63. The summed E-state index contributed by atoms with van der Waals surface area (Å²) in [6.45, 7) is 6.59. The molecular formula is C13H18BrN3S2. The van der Waals surface area contributed by atoms with Crippen molar-refractivity contribution in [1.29, 1.82) is 0 Å². The van der Waals surface area contributed by atoms with Crippen molar-refractivity contribution in [2.45, 2.75) is 26.7 Å². The van der Waals surface area contributed by atoms with Gasteiger partial charge in [-0.3, -0.25) is 0 Å². The minimum Gasteiger partial charge on any atom is -0.316 e. The van der Waals surface area contributed by atoms with Crippen LogP contribution in [0.3, 0.4) is 0 Å². The minimum absolute atomic E-state index is 0.712. The van der Waals surface area contributed by atoms with Gasteiger partial charge in [-0.1, -0.05) is 25.2 Å². The van der Waals surface area contributed by atoms with E-state index in [1.807, 2.05) is 0 Å².